The Bertz CT molecular complexity index is 443. The summed E-state index contributed by atoms with van der Waals surface area (Å²) in [5.74, 6) is 0.0834. The highest BCUT2D eigenvalue weighted by molar-refractivity contribution is 7.09. The predicted molar refractivity (Wildman–Crippen MR) is 71.4 cm³/mol. The molecule has 0 aromatic carbocycles. The van der Waals surface area contributed by atoms with Gasteiger partial charge in [-0.1, -0.05) is 6.42 Å². The third kappa shape index (κ3) is 2.06. The number of aromatic nitrogens is 1. The van der Waals surface area contributed by atoms with Gasteiger partial charge in [0.1, 0.15) is 10.7 Å². The van der Waals surface area contributed by atoms with Gasteiger partial charge in [-0.15, -0.1) is 11.3 Å². The number of thiazole rings is 1. The van der Waals surface area contributed by atoms with Gasteiger partial charge in [0, 0.05) is 25.0 Å². The maximum atomic E-state index is 12.3. The first-order valence-corrected chi connectivity index (χ1v) is 7.54. The van der Waals surface area contributed by atoms with Crippen LogP contribution in [0.5, 0.6) is 0 Å². The first-order valence-electron chi connectivity index (χ1n) is 6.66. The van der Waals surface area contributed by atoms with Gasteiger partial charge in [0.05, 0.1) is 0 Å². The van der Waals surface area contributed by atoms with Crippen LogP contribution in [0.4, 0.5) is 0 Å². The molecule has 1 aromatic rings. The molecule has 3 rings (SSSR count). The SMILES string of the molecule is NCc1nc(C(=O)N2CCC3(CCC3)CC2)cs1. The van der Waals surface area contributed by atoms with Crippen molar-refractivity contribution in [3.8, 4) is 0 Å². The van der Waals surface area contributed by atoms with Crippen LogP contribution in [0, 0.1) is 5.41 Å². The fourth-order valence-corrected chi connectivity index (χ4v) is 3.67. The summed E-state index contributed by atoms with van der Waals surface area (Å²) in [6.45, 7) is 2.21. The lowest BCUT2D eigenvalue weighted by molar-refractivity contribution is 0.0283. The number of nitrogens with two attached hydrogens (primary N) is 1. The second-order valence-electron chi connectivity index (χ2n) is 5.48. The number of hydrogen-bond donors (Lipinski definition) is 1. The number of hydrogen-bond acceptors (Lipinski definition) is 4. The van der Waals surface area contributed by atoms with Crippen LogP contribution < -0.4 is 5.73 Å². The Morgan fingerprint density at radius 1 is 1.39 bits per heavy atom. The molecule has 1 aromatic heterocycles. The van der Waals surface area contributed by atoms with Crippen LogP contribution in [-0.4, -0.2) is 28.9 Å². The molecule has 1 aliphatic heterocycles. The fraction of sp³-hybridized carbons (Fsp3) is 0.692. The van der Waals surface area contributed by atoms with Crippen LogP contribution in [0.1, 0.15) is 47.6 Å². The Balaban J connectivity index is 1.63. The van der Waals surface area contributed by atoms with Crippen molar-refractivity contribution in [3.05, 3.63) is 16.1 Å². The lowest BCUT2D eigenvalue weighted by Crippen LogP contribution is -2.45. The molecule has 98 valence electrons. The molecule has 1 saturated heterocycles. The van der Waals surface area contributed by atoms with E-state index in [9.17, 15) is 4.79 Å². The summed E-state index contributed by atoms with van der Waals surface area (Å²) in [6.07, 6.45) is 6.45. The van der Waals surface area contributed by atoms with E-state index in [2.05, 4.69) is 4.98 Å². The monoisotopic (exact) mass is 265 g/mol. The zero-order valence-electron chi connectivity index (χ0n) is 10.5. The highest BCUT2D eigenvalue weighted by atomic mass is 32.1. The molecule has 1 aliphatic carbocycles. The highest BCUT2D eigenvalue weighted by Crippen LogP contribution is 2.48. The van der Waals surface area contributed by atoms with Crippen LogP contribution in [0.2, 0.25) is 0 Å². The Labute approximate surface area is 111 Å². The Morgan fingerprint density at radius 2 is 2.11 bits per heavy atom. The normalized spacial score (nSPS) is 21.9. The number of piperidine rings is 1. The van der Waals surface area contributed by atoms with Crippen LogP contribution in [-0.2, 0) is 6.54 Å². The molecule has 2 fully saturated rings. The minimum atomic E-state index is 0.0834. The van der Waals surface area contributed by atoms with E-state index in [1.165, 1.54) is 43.4 Å². The van der Waals surface area contributed by atoms with Gasteiger partial charge in [0.25, 0.3) is 5.91 Å². The minimum absolute atomic E-state index is 0.0834. The number of amides is 1. The van der Waals surface area contributed by atoms with Crippen LogP contribution >= 0.6 is 11.3 Å². The second-order valence-corrected chi connectivity index (χ2v) is 6.42. The lowest BCUT2D eigenvalue weighted by atomic mass is 9.63. The van der Waals surface area contributed by atoms with E-state index in [1.807, 2.05) is 10.3 Å². The van der Waals surface area contributed by atoms with E-state index >= 15 is 0 Å². The second kappa shape index (κ2) is 4.63. The molecule has 0 atom stereocenters. The molecular weight excluding hydrogens is 246 g/mol. The Morgan fingerprint density at radius 3 is 2.61 bits per heavy atom. The van der Waals surface area contributed by atoms with E-state index in [-0.39, 0.29) is 5.91 Å². The zero-order valence-corrected chi connectivity index (χ0v) is 11.3. The molecule has 0 unspecified atom stereocenters. The average Bonchev–Trinajstić information content (AvgIpc) is 2.85. The number of nitrogens with zero attached hydrogens (tertiary/aromatic N) is 2. The minimum Gasteiger partial charge on any atom is -0.337 e. The van der Waals surface area contributed by atoms with E-state index in [0.717, 1.165) is 18.1 Å². The van der Waals surface area contributed by atoms with Crippen molar-refractivity contribution in [2.45, 2.75) is 38.6 Å². The smallest absolute Gasteiger partial charge is 0.273 e. The molecule has 1 amide bonds. The summed E-state index contributed by atoms with van der Waals surface area (Å²) in [7, 11) is 0. The van der Waals surface area contributed by atoms with Crippen LogP contribution in [0.3, 0.4) is 0 Å². The van der Waals surface area contributed by atoms with E-state index in [1.54, 1.807) is 0 Å². The van der Waals surface area contributed by atoms with Crippen molar-refractivity contribution in [3.63, 3.8) is 0 Å². The molecule has 2 aliphatic rings. The number of carbonyl (C=O) groups is 1. The van der Waals surface area contributed by atoms with Crippen molar-refractivity contribution in [2.24, 2.45) is 11.1 Å². The van der Waals surface area contributed by atoms with Crippen molar-refractivity contribution in [1.29, 1.82) is 0 Å². The zero-order chi connectivity index (χ0) is 12.6. The molecule has 1 spiro atoms. The summed E-state index contributed by atoms with van der Waals surface area (Å²) >= 11 is 1.47. The molecule has 2 N–H and O–H groups in total. The molecular formula is C13H19N3OS. The standard InChI is InChI=1S/C13H19N3OS/c14-8-11-15-10(9-18-11)12(17)16-6-4-13(5-7-16)2-1-3-13/h9H,1-8,14H2. The first-order chi connectivity index (χ1) is 8.72. The quantitative estimate of drug-likeness (QED) is 0.890. The summed E-state index contributed by atoms with van der Waals surface area (Å²) in [5, 5.41) is 2.67. The van der Waals surface area contributed by atoms with Crippen molar-refractivity contribution < 1.29 is 4.79 Å². The van der Waals surface area contributed by atoms with Crippen LogP contribution in [0.25, 0.3) is 0 Å². The summed E-state index contributed by atoms with van der Waals surface area (Å²) < 4.78 is 0. The van der Waals surface area contributed by atoms with E-state index in [0.29, 0.717) is 17.7 Å². The largest absolute Gasteiger partial charge is 0.337 e. The van der Waals surface area contributed by atoms with Crippen molar-refractivity contribution in [1.82, 2.24) is 9.88 Å². The average molecular weight is 265 g/mol. The predicted octanol–water partition coefficient (Wildman–Crippen LogP) is 2.01. The van der Waals surface area contributed by atoms with Gasteiger partial charge in [0.2, 0.25) is 0 Å². The summed E-state index contributed by atoms with van der Waals surface area (Å²) in [4.78, 5) is 18.5. The maximum absolute atomic E-state index is 12.3. The molecule has 4 nitrogen and oxygen atoms in total. The summed E-state index contributed by atoms with van der Waals surface area (Å²) in [6, 6.07) is 0. The number of carbonyl (C=O) groups excluding carboxylic acids is 1. The maximum Gasteiger partial charge on any atom is 0.273 e. The lowest BCUT2D eigenvalue weighted by Gasteiger charge is -2.47. The third-order valence-corrected chi connectivity index (χ3v) is 5.34. The topological polar surface area (TPSA) is 59.2 Å². The van der Waals surface area contributed by atoms with Gasteiger partial charge in [-0.05, 0) is 31.1 Å². The number of rotatable bonds is 2. The van der Waals surface area contributed by atoms with E-state index in [4.69, 9.17) is 5.73 Å². The summed E-state index contributed by atoms with van der Waals surface area (Å²) in [5.41, 5.74) is 6.68. The molecule has 5 heteroatoms. The first kappa shape index (κ1) is 12.1. The van der Waals surface area contributed by atoms with Crippen molar-refractivity contribution in [2.75, 3.05) is 13.1 Å². The van der Waals surface area contributed by atoms with Gasteiger partial charge >= 0.3 is 0 Å². The van der Waals surface area contributed by atoms with Crippen molar-refractivity contribution >= 4 is 17.2 Å². The van der Waals surface area contributed by atoms with Gasteiger partial charge in [0.15, 0.2) is 0 Å². The fourth-order valence-electron chi connectivity index (χ4n) is 3.03. The molecule has 0 bridgehead atoms. The molecule has 0 radical (unpaired) electrons. The van der Waals surface area contributed by atoms with Gasteiger partial charge in [-0.25, -0.2) is 4.98 Å². The molecule has 2 heterocycles. The van der Waals surface area contributed by atoms with Crippen LogP contribution in [0.15, 0.2) is 5.38 Å². The van der Waals surface area contributed by atoms with Gasteiger partial charge in [-0.3, -0.25) is 4.79 Å². The van der Waals surface area contributed by atoms with Gasteiger partial charge < -0.3 is 10.6 Å². The molecule has 1 saturated carbocycles. The van der Waals surface area contributed by atoms with E-state index < -0.39 is 0 Å². The Hall–Kier alpha value is -0.940. The highest BCUT2D eigenvalue weighted by Gasteiger charge is 2.40. The number of likely N-dealkylation sites (tertiary alicyclic amines) is 1. The Kier molecular flexibility index (Phi) is 3.11. The third-order valence-electron chi connectivity index (χ3n) is 4.47. The van der Waals surface area contributed by atoms with Gasteiger partial charge in [-0.2, -0.15) is 0 Å². The molecule has 18 heavy (non-hydrogen) atoms.